The van der Waals surface area contributed by atoms with Crippen molar-refractivity contribution >= 4 is 17.6 Å². The van der Waals surface area contributed by atoms with Gasteiger partial charge in [0, 0.05) is 18.0 Å². The van der Waals surface area contributed by atoms with Crippen LogP contribution in [-0.4, -0.2) is 17.0 Å². The van der Waals surface area contributed by atoms with Crippen LogP contribution in [0.3, 0.4) is 0 Å². The Labute approximate surface area is 125 Å². The van der Waals surface area contributed by atoms with Crippen molar-refractivity contribution in [2.24, 2.45) is 11.8 Å². The molecule has 0 radical (unpaired) electrons. The molecule has 1 amide bonds. The van der Waals surface area contributed by atoms with E-state index in [1.807, 2.05) is 24.3 Å². The lowest BCUT2D eigenvalue weighted by atomic mass is 9.82. The molecule has 21 heavy (non-hydrogen) atoms. The second-order valence-corrected chi connectivity index (χ2v) is 6.04. The predicted molar refractivity (Wildman–Crippen MR) is 82.2 cm³/mol. The molecule has 1 saturated carbocycles. The first-order valence-electron chi connectivity index (χ1n) is 7.66. The van der Waals surface area contributed by atoms with Crippen molar-refractivity contribution in [3.63, 3.8) is 0 Å². The van der Waals surface area contributed by atoms with Crippen LogP contribution in [0.5, 0.6) is 0 Å². The Bertz CT molecular complexity index is 505. The Morgan fingerprint density at radius 1 is 1.24 bits per heavy atom. The van der Waals surface area contributed by atoms with Crippen LogP contribution in [0.1, 0.15) is 44.6 Å². The number of rotatable bonds is 5. The van der Waals surface area contributed by atoms with E-state index in [9.17, 15) is 9.59 Å². The van der Waals surface area contributed by atoms with Gasteiger partial charge in [0.25, 0.3) is 0 Å². The first-order chi connectivity index (χ1) is 10.0. The maximum atomic E-state index is 12.2. The van der Waals surface area contributed by atoms with Gasteiger partial charge in [-0.1, -0.05) is 19.1 Å². The zero-order valence-electron chi connectivity index (χ0n) is 12.5. The van der Waals surface area contributed by atoms with Gasteiger partial charge in [-0.15, -0.1) is 0 Å². The monoisotopic (exact) mass is 289 g/mol. The van der Waals surface area contributed by atoms with E-state index in [1.54, 1.807) is 0 Å². The molecule has 114 valence electrons. The maximum absolute atomic E-state index is 12.2. The third kappa shape index (κ3) is 4.88. The van der Waals surface area contributed by atoms with Gasteiger partial charge in [-0.05, 0) is 55.7 Å². The van der Waals surface area contributed by atoms with Gasteiger partial charge in [0.15, 0.2) is 0 Å². The molecule has 0 aromatic heterocycles. The molecule has 1 aromatic carbocycles. The van der Waals surface area contributed by atoms with E-state index in [1.165, 1.54) is 0 Å². The first-order valence-corrected chi connectivity index (χ1v) is 7.66. The highest BCUT2D eigenvalue weighted by Gasteiger charge is 2.24. The number of aryl methyl sites for hydroxylation is 1. The van der Waals surface area contributed by atoms with Gasteiger partial charge in [-0.25, -0.2) is 0 Å². The van der Waals surface area contributed by atoms with Crippen LogP contribution in [0.15, 0.2) is 24.3 Å². The highest BCUT2D eigenvalue weighted by Crippen LogP contribution is 2.29. The van der Waals surface area contributed by atoms with E-state index < -0.39 is 5.97 Å². The third-order valence-electron chi connectivity index (χ3n) is 4.21. The SMILES string of the molecule is CC1CCC(C(=O)Nc2cccc(CCC(=O)O)c2)CC1. The molecule has 0 bridgehead atoms. The van der Waals surface area contributed by atoms with Crippen LogP contribution < -0.4 is 5.32 Å². The lowest BCUT2D eigenvalue weighted by Crippen LogP contribution is -2.26. The number of aliphatic carboxylic acids is 1. The topological polar surface area (TPSA) is 66.4 Å². The second-order valence-electron chi connectivity index (χ2n) is 6.04. The molecule has 2 N–H and O–H groups in total. The second kappa shape index (κ2) is 7.25. The van der Waals surface area contributed by atoms with E-state index in [2.05, 4.69) is 12.2 Å². The molecule has 4 nitrogen and oxygen atoms in total. The van der Waals surface area contributed by atoms with E-state index >= 15 is 0 Å². The van der Waals surface area contributed by atoms with Gasteiger partial charge >= 0.3 is 5.97 Å². The number of anilines is 1. The summed E-state index contributed by atoms with van der Waals surface area (Å²) in [6.07, 6.45) is 4.77. The van der Waals surface area contributed by atoms with Gasteiger partial charge in [0.1, 0.15) is 0 Å². The van der Waals surface area contributed by atoms with Gasteiger partial charge in [0.05, 0.1) is 0 Å². The highest BCUT2D eigenvalue weighted by molar-refractivity contribution is 5.92. The van der Waals surface area contributed by atoms with Crippen LogP contribution in [-0.2, 0) is 16.0 Å². The van der Waals surface area contributed by atoms with E-state index in [0.29, 0.717) is 6.42 Å². The van der Waals surface area contributed by atoms with Crippen molar-refractivity contribution < 1.29 is 14.7 Å². The van der Waals surface area contributed by atoms with Crippen LogP contribution >= 0.6 is 0 Å². The smallest absolute Gasteiger partial charge is 0.303 e. The fraction of sp³-hybridized carbons (Fsp3) is 0.529. The van der Waals surface area contributed by atoms with E-state index in [-0.39, 0.29) is 18.2 Å². The summed E-state index contributed by atoms with van der Waals surface area (Å²) in [5.74, 6) is 0.135. The number of hydrogen-bond acceptors (Lipinski definition) is 2. The number of benzene rings is 1. The summed E-state index contributed by atoms with van der Waals surface area (Å²) in [4.78, 5) is 22.8. The molecule has 0 aliphatic heterocycles. The molecule has 1 aliphatic rings. The molecule has 0 unspecified atom stereocenters. The minimum absolute atomic E-state index is 0.0947. The Morgan fingerprint density at radius 3 is 2.62 bits per heavy atom. The lowest BCUT2D eigenvalue weighted by Gasteiger charge is -2.25. The van der Waals surface area contributed by atoms with Crippen molar-refractivity contribution in [1.82, 2.24) is 0 Å². The summed E-state index contributed by atoms with van der Waals surface area (Å²) in [6, 6.07) is 7.47. The fourth-order valence-corrected chi connectivity index (χ4v) is 2.82. The Balaban J connectivity index is 1.91. The summed E-state index contributed by atoms with van der Waals surface area (Å²) in [6.45, 7) is 2.24. The predicted octanol–water partition coefficient (Wildman–Crippen LogP) is 3.47. The molecule has 0 spiro atoms. The fourth-order valence-electron chi connectivity index (χ4n) is 2.82. The molecular weight excluding hydrogens is 266 g/mol. The van der Waals surface area contributed by atoms with Crippen molar-refractivity contribution in [3.8, 4) is 0 Å². The average Bonchev–Trinajstić information content (AvgIpc) is 2.46. The van der Waals surface area contributed by atoms with Crippen molar-refractivity contribution in [2.75, 3.05) is 5.32 Å². The molecule has 0 atom stereocenters. The number of amides is 1. The largest absolute Gasteiger partial charge is 0.481 e. The number of hydrogen-bond donors (Lipinski definition) is 2. The Kier molecular flexibility index (Phi) is 5.37. The third-order valence-corrected chi connectivity index (χ3v) is 4.21. The number of carbonyl (C=O) groups is 2. The van der Waals surface area contributed by atoms with Gasteiger partial charge in [-0.3, -0.25) is 9.59 Å². The maximum Gasteiger partial charge on any atom is 0.303 e. The summed E-state index contributed by atoms with van der Waals surface area (Å²) in [7, 11) is 0. The standard InChI is InChI=1S/C17H23NO3/c1-12-5-8-14(9-6-12)17(21)18-15-4-2-3-13(11-15)7-10-16(19)20/h2-4,11-12,14H,5-10H2,1H3,(H,18,21)(H,19,20). The van der Waals surface area contributed by atoms with E-state index in [4.69, 9.17) is 5.11 Å². The summed E-state index contributed by atoms with van der Waals surface area (Å²) < 4.78 is 0. The number of carboxylic acids is 1. The van der Waals surface area contributed by atoms with Crippen molar-refractivity contribution in [1.29, 1.82) is 0 Å². The molecule has 1 fully saturated rings. The Hall–Kier alpha value is -1.84. The molecule has 1 aliphatic carbocycles. The van der Waals surface area contributed by atoms with Crippen LogP contribution in [0.25, 0.3) is 0 Å². The van der Waals surface area contributed by atoms with E-state index in [0.717, 1.165) is 42.9 Å². The minimum atomic E-state index is -0.805. The quantitative estimate of drug-likeness (QED) is 0.872. The zero-order valence-corrected chi connectivity index (χ0v) is 12.5. The van der Waals surface area contributed by atoms with Crippen LogP contribution in [0, 0.1) is 11.8 Å². The number of carbonyl (C=O) groups excluding carboxylic acids is 1. The number of carboxylic acid groups (broad SMARTS) is 1. The average molecular weight is 289 g/mol. The summed E-state index contributed by atoms with van der Waals surface area (Å²) >= 11 is 0. The molecule has 0 saturated heterocycles. The first kappa shape index (κ1) is 15.5. The highest BCUT2D eigenvalue weighted by atomic mass is 16.4. The molecule has 4 heteroatoms. The minimum Gasteiger partial charge on any atom is -0.481 e. The normalized spacial score (nSPS) is 21.8. The number of nitrogens with one attached hydrogen (secondary N) is 1. The summed E-state index contributed by atoms with van der Waals surface area (Å²) in [5.41, 5.74) is 1.70. The molecule has 1 aromatic rings. The lowest BCUT2D eigenvalue weighted by molar-refractivity contribution is -0.137. The van der Waals surface area contributed by atoms with Crippen molar-refractivity contribution in [2.45, 2.75) is 45.4 Å². The van der Waals surface area contributed by atoms with Crippen LogP contribution in [0.4, 0.5) is 5.69 Å². The van der Waals surface area contributed by atoms with Gasteiger partial charge < -0.3 is 10.4 Å². The molecular formula is C17H23NO3. The molecule has 2 rings (SSSR count). The van der Waals surface area contributed by atoms with Gasteiger partial charge in [-0.2, -0.15) is 0 Å². The summed E-state index contributed by atoms with van der Waals surface area (Å²) in [5, 5.41) is 11.7. The van der Waals surface area contributed by atoms with Crippen LogP contribution in [0.2, 0.25) is 0 Å². The van der Waals surface area contributed by atoms with Gasteiger partial charge in [0.2, 0.25) is 5.91 Å². The Morgan fingerprint density at radius 2 is 1.95 bits per heavy atom. The zero-order chi connectivity index (χ0) is 15.2. The van der Waals surface area contributed by atoms with Crippen molar-refractivity contribution in [3.05, 3.63) is 29.8 Å². The molecule has 0 heterocycles.